The molecular weight excluding hydrogens is 294 g/mol. The SMILES string of the molecule is CC(C)CCc1cc2nc(N)nc(NC3CCNCC3)c2s1. The topological polar surface area (TPSA) is 75.9 Å². The van der Waals surface area contributed by atoms with Crippen LogP contribution < -0.4 is 16.4 Å². The number of rotatable bonds is 5. The van der Waals surface area contributed by atoms with E-state index in [0.717, 1.165) is 48.4 Å². The second-order valence-corrected chi connectivity index (χ2v) is 7.60. The zero-order chi connectivity index (χ0) is 15.5. The van der Waals surface area contributed by atoms with Crippen LogP contribution in [-0.4, -0.2) is 29.1 Å². The lowest BCUT2D eigenvalue weighted by Gasteiger charge is -2.24. The van der Waals surface area contributed by atoms with E-state index in [1.54, 1.807) is 11.3 Å². The summed E-state index contributed by atoms with van der Waals surface area (Å²) in [5.74, 6) is 1.99. The summed E-state index contributed by atoms with van der Waals surface area (Å²) >= 11 is 1.80. The molecule has 5 nitrogen and oxygen atoms in total. The van der Waals surface area contributed by atoms with Crippen LogP contribution in [0.25, 0.3) is 10.2 Å². The predicted molar refractivity (Wildman–Crippen MR) is 94.5 cm³/mol. The Morgan fingerprint density at radius 2 is 2.14 bits per heavy atom. The Bertz CT molecular complexity index is 631. The van der Waals surface area contributed by atoms with Gasteiger partial charge >= 0.3 is 0 Å². The summed E-state index contributed by atoms with van der Waals surface area (Å²) < 4.78 is 1.14. The van der Waals surface area contributed by atoms with Gasteiger partial charge in [-0.3, -0.25) is 0 Å². The summed E-state index contributed by atoms with van der Waals surface area (Å²) in [4.78, 5) is 10.2. The van der Waals surface area contributed by atoms with Gasteiger partial charge in [-0.2, -0.15) is 4.98 Å². The molecule has 120 valence electrons. The number of aryl methyl sites for hydroxylation is 1. The standard InChI is InChI=1S/C16H25N5S/c1-10(2)3-4-12-9-13-14(22-12)15(21-16(17)20-13)19-11-5-7-18-8-6-11/h9-11,18H,3-8H2,1-2H3,(H3,17,19,20,21). The third kappa shape index (κ3) is 3.67. The summed E-state index contributed by atoms with van der Waals surface area (Å²) in [6, 6.07) is 2.65. The second-order valence-electron chi connectivity index (χ2n) is 6.46. The van der Waals surface area contributed by atoms with Crippen molar-refractivity contribution in [2.75, 3.05) is 24.1 Å². The lowest BCUT2D eigenvalue weighted by molar-refractivity contribution is 0.478. The minimum atomic E-state index is 0.358. The highest BCUT2D eigenvalue weighted by atomic mass is 32.1. The molecule has 1 fully saturated rings. The van der Waals surface area contributed by atoms with E-state index in [-0.39, 0.29) is 0 Å². The number of hydrogen-bond donors (Lipinski definition) is 3. The smallest absolute Gasteiger partial charge is 0.222 e. The van der Waals surface area contributed by atoms with Gasteiger partial charge in [-0.05, 0) is 50.8 Å². The van der Waals surface area contributed by atoms with Gasteiger partial charge in [0.25, 0.3) is 0 Å². The highest BCUT2D eigenvalue weighted by Gasteiger charge is 2.17. The van der Waals surface area contributed by atoms with E-state index >= 15 is 0 Å². The van der Waals surface area contributed by atoms with Crippen LogP contribution in [0, 0.1) is 5.92 Å². The van der Waals surface area contributed by atoms with E-state index in [1.807, 2.05) is 0 Å². The number of nitrogen functional groups attached to an aromatic ring is 1. The molecule has 0 atom stereocenters. The van der Waals surface area contributed by atoms with Gasteiger partial charge in [0.05, 0.1) is 10.2 Å². The van der Waals surface area contributed by atoms with Crippen LogP contribution in [0.5, 0.6) is 0 Å². The van der Waals surface area contributed by atoms with Crippen LogP contribution in [0.4, 0.5) is 11.8 Å². The molecule has 4 N–H and O–H groups in total. The van der Waals surface area contributed by atoms with Crippen molar-refractivity contribution in [2.45, 2.75) is 45.6 Å². The van der Waals surface area contributed by atoms with Gasteiger partial charge in [-0.15, -0.1) is 11.3 Å². The van der Waals surface area contributed by atoms with Gasteiger partial charge in [0, 0.05) is 10.9 Å². The lowest BCUT2D eigenvalue weighted by atomic mass is 10.1. The zero-order valence-electron chi connectivity index (χ0n) is 13.4. The van der Waals surface area contributed by atoms with Crippen molar-refractivity contribution in [1.82, 2.24) is 15.3 Å². The molecule has 2 aromatic rings. The first-order valence-corrected chi connectivity index (χ1v) is 8.96. The number of nitrogens with two attached hydrogens (primary N) is 1. The van der Waals surface area contributed by atoms with Crippen molar-refractivity contribution in [1.29, 1.82) is 0 Å². The van der Waals surface area contributed by atoms with Gasteiger partial charge in [-0.25, -0.2) is 4.98 Å². The quantitative estimate of drug-likeness (QED) is 0.790. The molecule has 0 spiro atoms. The lowest BCUT2D eigenvalue weighted by Crippen LogP contribution is -2.35. The van der Waals surface area contributed by atoms with Gasteiger partial charge in [0.15, 0.2) is 0 Å². The number of anilines is 2. The normalized spacial score (nSPS) is 16.5. The Kier molecular flexibility index (Phi) is 4.78. The molecule has 0 saturated carbocycles. The van der Waals surface area contributed by atoms with Crippen molar-refractivity contribution < 1.29 is 0 Å². The van der Waals surface area contributed by atoms with E-state index in [9.17, 15) is 0 Å². The first-order valence-electron chi connectivity index (χ1n) is 8.15. The number of fused-ring (bicyclic) bond motifs is 1. The molecule has 3 heterocycles. The molecule has 1 aliphatic rings. The molecule has 0 unspecified atom stereocenters. The third-order valence-electron chi connectivity index (χ3n) is 4.09. The molecular formula is C16H25N5S. The summed E-state index contributed by atoms with van der Waals surface area (Å²) in [7, 11) is 0. The van der Waals surface area contributed by atoms with Gasteiger partial charge in [0.2, 0.25) is 5.95 Å². The molecule has 3 rings (SSSR count). The Hall–Kier alpha value is -1.40. The van der Waals surface area contributed by atoms with E-state index < -0.39 is 0 Å². The Balaban J connectivity index is 1.84. The van der Waals surface area contributed by atoms with Crippen LogP contribution in [0.2, 0.25) is 0 Å². The molecule has 2 aromatic heterocycles. The van der Waals surface area contributed by atoms with Gasteiger partial charge in [0.1, 0.15) is 5.82 Å². The maximum absolute atomic E-state index is 5.89. The van der Waals surface area contributed by atoms with Crippen molar-refractivity contribution in [3.63, 3.8) is 0 Å². The maximum Gasteiger partial charge on any atom is 0.222 e. The highest BCUT2D eigenvalue weighted by molar-refractivity contribution is 7.19. The minimum Gasteiger partial charge on any atom is -0.368 e. The molecule has 0 aliphatic carbocycles. The van der Waals surface area contributed by atoms with Crippen molar-refractivity contribution in [3.8, 4) is 0 Å². The van der Waals surface area contributed by atoms with Crippen LogP contribution in [0.3, 0.4) is 0 Å². The Morgan fingerprint density at radius 3 is 2.86 bits per heavy atom. The van der Waals surface area contributed by atoms with E-state index in [1.165, 1.54) is 11.3 Å². The van der Waals surface area contributed by atoms with Crippen LogP contribution >= 0.6 is 11.3 Å². The molecule has 0 aromatic carbocycles. The summed E-state index contributed by atoms with van der Waals surface area (Å²) in [6.45, 7) is 6.64. The number of hydrogen-bond acceptors (Lipinski definition) is 6. The monoisotopic (exact) mass is 319 g/mol. The average molecular weight is 319 g/mol. The molecule has 1 aliphatic heterocycles. The fourth-order valence-electron chi connectivity index (χ4n) is 2.81. The fourth-order valence-corrected chi connectivity index (χ4v) is 3.87. The largest absolute Gasteiger partial charge is 0.368 e. The number of piperidine rings is 1. The molecule has 22 heavy (non-hydrogen) atoms. The summed E-state index contributed by atoms with van der Waals surface area (Å²) in [6.07, 6.45) is 4.55. The van der Waals surface area contributed by atoms with Crippen molar-refractivity contribution in [2.24, 2.45) is 5.92 Å². The summed E-state index contributed by atoms with van der Waals surface area (Å²) in [5, 5.41) is 6.97. The molecule has 0 radical (unpaired) electrons. The van der Waals surface area contributed by atoms with Crippen LogP contribution in [0.1, 0.15) is 38.0 Å². The Morgan fingerprint density at radius 1 is 1.36 bits per heavy atom. The van der Waals surface area contributed by atoms with Gasteiger partial charge in [-0.1, -0.05) is 13.8 Å². The zero-order valence-corrected chi connectivity index (χ0v) is 14.2. The predicted octanol–water partition coefficient (Wildman–Crippen LogP) is 3.03. The maximum atomic E-state index is 5.89. The fraction of sp³-hybridized carbons (Fsp3) is 0.625. The third-order valence-corrected chi connectivity index (χ3v) is 5.28. The molecule has 1 saturated heterocycles. The molecule has 0 bridgehead atoms. The number of thiophene rings is 1. The first kappa shape index (κ1) is 15.5. The van der Waals surface area contributed by atoms with E-state index in [0.29, 0.717) is 17.9 Å². The van der Waals surface area contributed by atoms with Crippen LogP contribution in [0.15, 0.2) is 6.07 Å². The second kappa shape index (κ2) is 6.79. The number of nitrogens with zero attached hydrogens (tertiary/aromatic N) is 2. The summed E-state index contributed by atoms with van der Waals surface area (Å²) in [5.41, 5.74) is 6.87. The number of nitrogens with one attached hydrogen (secondary N) is 2. The molecule has 6 heteroatoms. The Labute approximate surface area is 135 Å². The minimum absolute atomic E-state index is 0.358. The molecule has 0 amide bonds. The van der Waals surface area contributed by atoms with Crippen LogP contribution in [-0.2, 0) is 6.42 Å². The number of aromatic nitrogens is 2. The van der Waals surface area contributed by atoms with Gasteiger partial charge < -0.3 is 16.4 Å². The van der Waals surface area contributed by atoms with Crippen molar-refractivity contribution >= 4 is 33.3 Å². The van der Waals surface area contributed by atoms with E-state index in [4.69, 9.17) is 5.73 Å². The highest BCUT2D eigenvalue weighted by Crippen LogP contribution is 2.32. The van der Waals surface area contributed by atoms with Crippen molar-refractivity contribution in [3.05, 3.63) is 10.9 Å². The average Bonchev–Trinajstić information content (AvgIpc) is 2.89. The van der Waals surface area contributed by atoms with E-state index in [2.05, 4.69) is 40.5 Å². The first-order chi connectivity index (χ1) is 10.6.